The van der Waals surface area contributed by atoms with E-state index in [1.165, 1.54) is 0 Å². The minimum Gasteiger partial charge on any atom is -0.370 e. The number of carbonyl (C=O) groups is 1. The summed E-state index contributed by atoms with van der Waals surface area (Å²) in [6, 6.07) is 16.2. The van der Waals surface area contributed by atoms with E-state index in [-0.39, 0.29) is 22.2 Å². The molecule has 2 amide bonds. The van der Waals surface area contributed by atoms with E-state index in [4.69, 9.17) is 0 Å². The lowest BCUT2D eigenvalue weighted by atomic mass is 10.2. The highest BCUT2D eigenvalue weighted by molar-refractivity contribution is 7.92. The van der Waals surface area contributed by atoms with E-state index in [0.717, 1.165) is 18.5 Å². The SMILES string of the molecule is CC(CNC(=O)Nc1cccc(S(=O)(=O)C2CCCC2)c1)N(C)c1ccccc1. The van der Waals surface area contributed by atoms with Crippen molar-refractivity contribution < 1.29 is 13.2 Å². The molecule has 1 fully saturated rings. The third-order valence-electron chi connectivity index (χ3n) is 5.54. The van der Waals surface area contributed by atoms with Gasteiger partial charge in [-0.05, 0) is 50.1 Å². The summed E-state index contributed by atoms with van der Waals surface area (Å²) in [6.45, 7) is 2.49. The first-order valence-corrected chi connectivity index (χ1v) is 11.6. The van der Waals surface area contributed by atoms with Crippen LogP contribution in [0.25, 0.3) is 0 Å². The zero-order chi connectivity index (χ0) is 20.9. The molecule has 0 heterocycles. The number of carbonyl (C=O) groups excluding carboxylic acids is 1. The summed E-state index contributed by atoms with van der Waals surface area (Å²) in [5.41, 5.74) is 1.55. The van der Waals surface area contributed by atoms with Crippen LogP contribution in [0.15, 0.2) is 59.5 Å². The number of likely N-dealkylation sites (N-methyl/N-ethyl adjacent to an activating group) is 1. The van der Waals surface area contributed by atoms with Crippen LogP contribution in [0.4, 0.5) is 16.2 Å². The van der Waals surface area contributed by atoms with E-state index in [9.17, 15) is 13.2 Å². The largest absolute Gasteiger partial charge is 0.370 e. The van der Waals surface area contributed by atoms with Crippen LogP contribution >= 0.6 is 0 Å². The molecule has 1 aliphatic carbocycles. The van der Waals surface area contributed by atoms with Gasteiger partial charge in [0.25, 0.3) is 0 Å². The first-order valence-electron chi connectivity index (χ1n) is 10.0. The zero-order valence-electron chi connectivity index (χ0n) is 17.0. The van der Waals surface area contributed by atoms with Gasteiger partial charge in [0.15, 0.2) is 9.84 Å². The average molecular weight is 416 g/mol. The molecule has 7 heteroatoms. The average Bonchev–Trinajstić information content (AvgIpc) is 3.28. The molecule has 0 radical (unpaired) electrons. The van der Waals surface area contributed by atoms with E-state index in [1.54, 1.807) is 24.3 Å². The van der Waals surface area contributed by atoms with Gasteiger partial charge in [-0.25, -0.2) is 13.2 Å². The number of nitrogens with zero attached hydrogens (tertiary/aromatic N) is 1. The van der Waals surface area contributed by atoms with Crippen LogP contribution in [0, 0.1) is 0 Å². The fourth-order valence-electron chi connectivity index (χ4n) is 3.61. The first-order chi connectivity index (χ1) is 13.9. The van der Waals surface area contributed by atoms with Crippen LogP contribution in [0.2, 0.25) is 0 Å². The number of benzene rings is 2. The van der Waals surface area contributed by atoms with E-state index in [2.05, 4.69) is 15.5 Å². The van der Waals surface area contributed by atoms with Gasteiger partial charge in [-0.3, -0.25) is 0 Å². The molecule has 1 aliphatic rings. The van der Waals surface area contributed by atoms with Crippen molar-refractivity contribution in [1.82, 2.24) is 5.32 Å². The lowest BCUT2D eigenvalue weighted by Crippen LogP contribution is -2.41. The molecular formula is C22H29N3O3S. The number of anilines is 2. The monoisotopic (exact) mass is 415 g/mol. The maximum absolute atomic E-state index is 12.8. The van der Waals surface area contributed by atoms with Gasteiger partial charge in [-0.15, -0.1) is 0 Å². The number of sulfone groups is 1. The molecule has 3 rings (SSSR count). The third kappa shape index (κ3) is 5.29. The fourth-order valence-corrected chi connectivity index (χ4v) is 5.51. The van der Waals surface area contributed by atoms with Crippen LogP contribution in [-0.2, 0) is 9.84 Å². The first kappa shape index (κ1) is 21.2. The highest BCUT2D eigenvalue weighted by Gasteiger charge is 2.30. The summed E-state index contributed by atoms with van der Waals surface area (Å²) < 4.78 is 25.5. The molecule has 0 aromatic heterocycles. The summed E-state index contributed by atoms with van der Waals surface area (Å²) in [7, 11) is -1.36. The van der Waals surface area contributed by atoms with E-state index < -0.39 is 9.84 Å². The Balaban J connectivity index is 1.57. The van der Waals surface area contributed by atoms with Gasteiger partial charge < -0.3 is 15.5 Å². The van der Waals surface area contributed by atoms with Gasteiger partial charge in [0.05, 0.1) is 10.1 Å². The second-order valence-electron chi connectivity index (χ2n) is 7.61. The molecule has 29 heavy (non-hydrogen) atoms. The fraction of sp³-hybridized carbons (Fsp3) is 0.409. The molecule has 2 aromatic rings. The molecular weight excluding hydrogens is 386 g/mol. The van der Waals surface area contributed by atoms with Gasteiger partial charge in [0.2, 0.25) is 0 Å². The molecule has 6 nitrogen and oxygen atoms in total. The van der Waals surface area contributed by atoms with Crippen molar-refractivity contribution in [2.45, 2.75) is 48.8 Å². The van der Waals surface area contributed by atoms with Gasteiger partial charge in [-0.1, -0.05) is 37.1 Å². The number of rotatable bonds is 7. The third-order valence-corrected chi connectivity index (χ3v) is 7.80. The van der Waals surface area contributed by atoms with Crippen LogP contribution in [0.3, 0.4) is 0 Å². The Morgan fingerprint density at radius 1 is 1.10 bits per heavy atom. The Kier molecular flexibility index (Phi) is 6.79. The van der Waals surface area contributed by atoms with E-state index in [0.29, 0.717) is 25.1 Å². The van der Waals surface area contributed by atoms with Crippen molar-refractivity contribution in [3.63, 3.8) is 0 Å². The molecule has 2 N–H and O–H groups in total. The van der Waals surface area contributed by atoms with E-state index >= 15 is 0 Å². The number of amides is 2. The molecule has 1 atom stereocenters. The molecule has 156 valence electrons. The van der Waals surface area contributed by atoms with Crippen LogP contribution in [-0.4, -0.2) is 39.3 Å². The predicted octanol–water partition coefficient (Wildman–Crippen LogP) is 4.05. The lowest BCUT2D eigenvalue weighted by molar-refractivity contribution is 0.251. The van der Waals surface area contributed by atoms with Crippen molar-refractivity contribution in [1.29, 1.82) is 0 Å². The molecule has 1 unspecified atom stereocenters. The molecule has 0 spiro atoms. The lowest BCUT2D eigenvalue weighted by Gasteiger charge is -2.27. The quantitative estimate of drug-likeness (QED) is 0.715. The summed E-state index contributed by atoms with van der Waals surface area (Å²) in [4.78, 5) is 14.7. The highest BCUT2D eigenvalue weighted by atomic mass is 32.2. The standard InChI is InChI=1S/C22H29N3O3S/c1-17(25(2)19-10-4-3-5-11-19)16-23-22(26)24-18-9-8-14-21(15-18)29(27,28)20-12-6-7-13-20/h3-5,8-11,14-15,17,20H,6-7,12-13,16H2,1-2H3,(H2,23,24,26). The van der Waals surface area contributed by atoms with Crippen LogP contribution in [0.1, 0.15) is 32.6 Å². The normalized spacial score (nSPS) is 15.7. The Labute approximate surface area is 173 Å². The van der Waals surface area contributed by atoms with Crippen molar-refractivity contribution >= 4 is 27.2 Å². The Morgan fingerprint density at radius 2 is 1.79 bits per heavy atom. The Bertz CT molecular complexity index is 925. The summed E-state index contributed by atoms with van der Waals surface area (Å²) >= 11 is 0. The molecule has 1 saturated carbocycles. The zero-order valence-corrected chi connectivity index (χ0v) is 17.8. The second-order valence-corrected chi connectivity index (χ2v) is 9.84. The molecule has 0 aliphatic heterocycles. The second kappa shape index (κ2) is 9.31. The number of hydrogen-bond acceptors (Lipinski definition) is 4. The van der Waals surface area contributed by atoms with Gasteiger partial charge in [0, 0.05) is 31.0 Å². The number of nitrogens with one attached hydrogen (secondary N) is 2. The smallest absolute Gasteiger partial charge is 0.319 e. The van der Waals surface area contributed by atoms with Crippen LogP contribution < -0.4 is 15.5 Å². The Morgan fingerprint density at radius 3 is 2.48 bits per heavy atom. The van der Waals surface area contributed by atoms with Crippen molar-refractivity contribution in [2.24, 2.45) is 0 Å². The van der Waals surface area contributed by atoms with Crippen LogP contribution in [0.5, 0.6) is 0 Å². The summed E-state index contributed by atoms with van der Waals surface area (Å²) in [6.07, 6.45) is 3.35. The molecule has 0 bridgehead atoms. The topological polar surface area (TPSA) is 78.5 Å². The maximum Gasteiger partial charge on any atom is 0.319 e. The minimum absolute atomic E-state index is 0.0947. The number of urea groups is 1. The molecule has 2 aromatic carbocycles. The van der Waals surface area contributed by atoms with Crippen molar-refractivity contribution in [3.05, 3.63) is 54.6 Å². The minimum atomic E-state index is -3.34. The molecule has 0 saturated heterocycles. The van der Waals surface area contributed by atoms with Gasteiger partial charge in [0.1, 0.15) is 0 Å². The van der Waals surface area contributed by atoms with Gasteiger partial charge in [-0.2, -0.15) is 0 Å². The van der Waals surface area contributed by atoms with Crippen molar-refractivity contribution in [2.75, 3.05) is 23.8 Å². The maximum atomic E-state index is 12.8. The van der Waals surface area contributed by atoms with Gasteiger partial charge >= 0.3 is 6.03 Å². The highest BCUT2D eigenvalue weighted by Crippen LogP contribution is 2.30. The summed E-state index contributed by atoms with van der Waals surface area (Å²) in [5, 5.41) is 5.30. The Hall–Kier alpha value is -2.54. The van der Waals surface area contributed by atoms with E-state index in [1.807, 2.05) is 44.3 Å². The number of hydrogen-bond donors (Lipinski definition) is 2. The summed E-state index contributed by atoms with van der Waals surface area (Å²) in [5.74, 6) is 0. The predicted molar refractivity (Wildman–Crippen MR) is 117 cm³/mol. The number of para-hydroxylation sites is 1. The van der Waals surface area contributed by atoms with Crippen molar-refractivity contribution in [3.8, 4) is 0 Å².